The summed E-state index contributed by atoms with van der Waals surface area (Å²) < 4.78 is 5.38. The Morgan fingerprint density at radius 3 is 2.57 bits per heavy atom. The summed E-state index contributed by atoms with van der Waals surface area (Å²) >= 11 is 5.78. The normalized spacial score (nSPS) is 14.9. The van der Waals surface area contributed by atoms with Crippen LogP contribution in [0, 0.1) is 11.3 Å². The molecule has 0 atom stereocenters. The third kappa shape index (κ3) is 5.46. The van der Waals surface area contributed by atoms with E-state index in [0.29, 0.717) is 36.7 Å². The Morgan fingerprint density at radius 1 is 1.30 bits per heavy atom. The minimum absolute atomic E-state index is 0.0300. The van der Waals surface area contributed by atoms with Gasteiger partial charge in [-0.05, 0) is 37.1 Å². The van der Waals surface area contributed by atoms with Crippen molar-refractivity contribution in [2.75, 3.05) is 19.7 Å². The maximum absolute atomic E-state index is 11.9. The van der Waals surface area contributed by atoms with Crippen LogP contribution in [0.2, 0.25) is 5.02 Å². The predicted molar refractivity (Wildman–Crippen MR) is 84.9 cm³/mol. The highest BCUT2D eigenvalue weighted by atomic mass is 35.5. The molecular formula is C16H18ClN3O3. The number of amides is 2. The minimum Gasteiger partial charge on any atom is -0.484 e. The first-order valence-corrected chi connectivity index (χ1v) is 7.78. The molecule has 1 aliphatic rings. The number of nitrogens with one attached hydrogen (secondary N) is 1. The molecule has 1 aromatic carbocycles. The van der Waals surface area contributed by atoms with E-state index in [-0.39, 0.29) is 30.9 Å². The van der Waals surface area contributed by atoms with Gasteiger partial charge in [0.15, 0.2) is 6.61 Å². The van der Waals surface area contributed by atoms with Gasteiger partial charge in [-0.25, -0.2) is 0 Å². The van der Waals surface area contributed by atoms with Crippen molar-refractivity contribution in [3.05, 3.63) is 29.3 Å². The molecule has 0 bridgehead atoms. The molecule has 0 saturated carbocycles. The number of halogens is 1. The van der Waals surface area contributed by atoms with Crippen LogP contribution < -0.4 is 10.1 Å². The molecule has 1 saturated heterocycles. The van der Waals surface area contributed by atoms with E-state index < -0.39 is 0 Å². The van der Waals surface area contributed by atoms with Crippen molar-refractivity contribution in [1.82, 2.24) is 10.2 Å². The third-order valence-corrected chi connectivity index (χ3v) is 3.88. The zero-order valence-electron chi connectivity index (χ0n) is 12.6. The number of benzene rings is 1. The fourth-order valence-corrected chi connectivity index (χ4v) is 2.53. The summed E-state index contributed by atoms with van der Waals surface area (Å²) in [5.41, 5.74) is 0. The summed E-state index contributed by atoms with van der Waals surface area (Å²) in [5, 5.41) is 12.0. The lowest BCUT2D eigenvalue weighted by atomic mass is 10.0. The van der Waals surface area contributed by atoms with Crippen molar-refractivity contribution < 1.29 is 14.3 Å². The summed E-state index contributed by atoms with van der Waals surface area (Å²) in [6.07, 6.45) is 1.28. The molecule has 6 nitrogen and oxygen atoms in total. The SMILES string of the molecule is N#CCC(=O)N1CCC(NC(=O)COc2ccc(Cl)cc2)CC1. The standard InChI is InChI=1S/C16H18ClN3O3/c17-12-1-3-14(4-2-12)23-11-15(21)19-13-6-9-20(10-7-13)16(22)5-8-18/h1-4,13H,5-7,9-11H2,(H,19,21). The van der Waals surface area contributed by atoms with Gasteiger partial charge in [0.2, 0.25) is 5.91 Å². The Balaban J connectivity index is 1.69. The lowest BCUT2D eigenvalue weighted by Crippen LogP contribution is -2.47. The number of hydrogen-bond donors (Lipinski definition) is 1. The maximum atomic E-state index is 11.9. The van der Waals surface area contributed by atoms with Gasteiger partial charge < -0.3 is 15.0 Å². The van der Waals surface area contributed by atoms with Crippen molar-refractivity contribution >= 4 is 23.4 Å². The minimum atomic E-state index is -0.193. The van der Waals surface area contributed by atoms with Gasteiger partial charge in [0.05, 0.1) is 6.07 Å². The highest BCUT2D eigenvalue weighted by Gasteiger charge is 2.23. The molecular weight excluding hydrogens is 318 g/mol. The topological polar surface area (TPSA) is 82.4 Å². The molecule has 7 heteroatoms. The van der Waals surface area contributed by atoms with Crippen LogP contribution in [0.25, 0.3) is 0 Å². The summed E-state index contributed by atoms with van der Waals surface area (Å²) in [4.78, 5) is 25.1. The monoisotopic (exact) mass is 335 g/mol. The lowest BCUT2D eigenvalue weighted by Gasteiger charge is -2.32. The zero-order chi connectivity index (χ0) is 16.7. The number of rotatable bonds is 5. The van der Waals surface area contributed by atoms with Gasteiger partial charge in [-0.15, -0.1) is 0 Å². The van der Waals surface area contributed by atoms with Crippen LogP contribution in [-0.4, -0.2) is 42.5 Å². The van der Waals surface area contributed by atoms with Crippen molar-refractivity contribution in [3.8, 4) is 11.8 Å². The summed E-state index contributed by atoms with van der Waals surface area (Å²) in [6.45, 7) is 1.06. The second-order valence-corrected chi connectivity index (χ2v) is 5.74. The molecule has 2 rings (SSSR count). The molecule has 0 spiro atoms. The fraction of sp³-hybridized carbons (Fsp3) is 0.438. The number of ether oxygens (including phenoxy) is 1. The Morgan fingerprint density at radius 2 is 1.96 bits per heavy atom. The van der Waals surface area contributed by atoms with Gasteiger partial charge in [0.1, 0.15) is 12.2 Å². The molecule has 1 fully saturated rings. The van der Waals surface area contributed by atoms with Crippen LogP contribution in [0.4, 0.5) is 0 Å². The smallest absolute Gasteiger partial charge is 0.258 e. The Bertz CT molecular complexity index is 590. The van der Waals surface area contributed by atoms with E-state index in [4.69, 9.17) is 21.6 Å². The number of hydrogen-bond acceptors (Lipinski definition) is 4. The van der Waals surface area contributed by atoms with Gasteiger partial charge in [-0.1, -0.05) is 11.6 Å². The van der Waals surface area contributed by atoms with Crippen molar-refractivity contribution in [1.29, 1.82) is 5.26 Å². The van der Waals surface area contributed by atoms with Gasteiger partial charge in [-0.2, -0.15) is 5.26 Å². The summed E-state index contributed by atoms with van der Waals surface area (Å²) in [7, 11) is 0. The maximum Gasteiger partial charge on any atom is 0.258 e. The number of carbonyl (C=O) groups excluding carboxylic acids is 2. The highest BCUT2D eigenvalue weighted by Crippen LogP contribution is 2.15. The van der Waals surface area contributed by atoms with Crippen LogP contribution in [0.5, 0.6) is 5.75 Å². The Hall–Kier alpha value is -2.26. The molecule has 2 amide bonds. The highest BCUT2D eigenvalue weighted by molar-refractivity contribution is 6.30. The molecule has 122 valence electrons. The Kier molecular flexibility index (Phi) is 6.24. The van der Waals surface area contributed by atoms with E-state index in [2.05, 4.69) is 5.32 Å². The average molecular weight is 336 g/mol. The van der Waals surface area contributed by atoms with E-state index >= 15 is 0 Å². The van der Waals surface area contributed by atoms with Crippen LogP contribution in [0.1, 0.15) is 19.3 Å². The van der Waals surface area contributed by atoms with E-state index in [9.17, 15) is 9.59 Å². The molecule has 0 aromatic heterocycles. The van der Waals surface area contributed by atoms with Crippen molar-refractivity contribution in [2.24, 2.45) is 0 Å². The second kappa shape index (κ2) is 8.39. The van der Waals surface area contributed by atoms with Crippen LogP contribution >= 0.6 is 11.6 Å². The van der Waals surface area contributed by atoms with Crippen molar-refractivity contribution in [2.45, 2.75) is 25.3 Å². The molecule has 1 aromatic rings. The first kappa shape index (κ1) is 17.1. The van der Waals surface area contributed by atoms with Crippen LogP contribution in [-0.2, 0) is 9.59 Å². The lowest BCUT2D eigenvalue weighted by molar-refractivity contribution is -0.131. The third-order valence-electron chi connectivity index (χ3n) is 3.63. The molecule has 1 N–H and O–H groups in total. The zero-order valence-corrected chi connectivity index (χ0v) is 13.4. The molecule has 23 heavy (non-hydrogen) atoms. The van der Waals surface area contributed by atoms with Gasteiger partial charge in [-0.3, -0.25) is 9.59 Å². The van der Waals surface area contributed by atoms with Crippen molar-refractivity contribution in [3.63, 3.8) is 0 Å². The van der Waals surface area contributed by atoms with Crippen LogP contribution in [0.15, 0.2) is 24.3 Å². The second-order valence-electron chi connectivity index (χ2n) is 5.30. The largest absolute Gasteiger partial charge is 0.484 e. The van der Waals surface area contributed by atoms with Gasteiger partial charge >= 0.3 is 0 Å². The number of piperidine rings is 1. The van der Waals surface area contributed by atoms with E-state index in [1.165, 1.54) is 0 Å². The molecule has 0 radical (unpaired) electrons. The predicted octanol–water partition coefficient (Wildman–Crippen LogP) is 1.74. The number of nitriles is 1. The first-order valence-electron chi connectivity index (χ1n) is 7.41. The van der Waals surface area contributed by atoms with E-state index in [0.717, 1.165) is 0 Å². The number of likely N-dealkylation sites (tertiary alicyclic amines) is 1. The number of carbonyl (C=O) groups is 2. The molecule has 1 aliphatic heterocycles. The summed E-state index contributed by atoms with van der Waals surface area (Å²) in [6, 6.07) is 8.69. The molecule has 1 heterocycles. The fourth-order valence-electron chi connectivity index (χ4n) is 2.40. The van der Waals surface area contributed by atoms with E-state index in [1.54, 1.807) is 29.2 Å². The number of nitrogens with zero attached hydrogens (tertiary/aromatic N) is 2. The summed E-state index contributed by atoms with van der Waals surface area (Å²) in [5.74, 6) is 0.242. The van der Waals surface area contributed by atoms with Gasteiger partial charge in [0.25, 0.3) is 5.91 Å². The quantitative estimate of drug-likeness (QED) is 0.888. The van der Waals surface area contributed by atoms with E-state index in [1.807, 2.05) is 6.07 Å². The Labute approximate surface area is 140 Å². The van der Waals surface area contributed by atoms with Crippen LogP contribution in [0.3, 0.4) is 0 Å². The molecule has 0 unspecified atom stereocenters. The van der Waals surface area contributed by atoms with Gasteiger partial charge in [0, 0.05) is 24.2 Å². The first-order chi connectivity index (χ1) is 11.1. The average Bonchev–Trinajstić information content (AvgIpc) is 2.55. The molecule has 0 aliphatic carbocycles.